The molecule has 0 aliphatic heterocycles. The molecule has 0 atom stereocenters. The van der Waals surface area contributed by atoms with Crippen molar-refractivity contribution < 1.29 is 9.15 Å². The van der Waals surface area contributed by atoms with Crippen molar-refractivity contribution in [3.8, 4) is 5.75 Å². The Bertz CT molecular complexity index is 1060. The summed E-state index contributed by atoms with van der Waals surface area (Å²) in [4.78, 5) is 8.89. The number of hydrogen-bond donors (Lipinski definition) is 1. The van der Waals surface area contributed by atoms with Gasteiger partial charge in [0.2, 0.25) is 0 Å². The highest BCUT2D eigenvalue weighted by Gasteiger charge is 2.10. The fourth-order valence-corrected chi connectivity index (χ4v) is 3.10. The van der Waals surface area contributed by atoms with Crippen molar-refractivity contribution in [1.29, 1.82) is 0 Å². The standard InChI is InChI=1S/C19H20N4O2.2ClH/c1-3-24-14-8-9-23-12(2)15(21-18(23)11-14)6-4-13-5-7-16-17(10-13)25-19(20)22-16;;/h5,7-11H,3-4,6H2,1-2H3,(H2,20,22);2*1H. The van der Waals surface area contributed by atoms with E-state index in [0.717, 1.165) is 46.7 Å². The number of fused-ring (bicyclic) bond motifs is 2. The number of nitrogen functional groups attached to an aromatic ring is 1. The molecule has 0 unspecified atom stereocenters. The number of aromatic nitrogens is 3. The number of oxazole rings is 1. The maximum atomic E-state index is 5.60. The lowest BCUT2D eigenvalue weighted by molar-refractivity contribution is 0.340. The van der Waals surface area contributed by atoms with Gasteiger partial charge in [0.1, 0.15) is 16.9 Å². The molecule has 0 saturated heterocycles. The van der Waals surface area contributed by atoms with Crippen molar-refractivity contribution in [3.05, 3.63) is 53.5 Å². The van der Waals surface area contributed by atoms with Crippen LogP contribution >= 0.6 is 24.8 Å². The molecule has 4 aromatic rings. The van der Waals surface area contributed by atoms with Gasteiger partial charge in [0.05, 0.1) is 12.3 Å². The molecule has 0 bridgehead atoms. The van der Waals surface area contributed by atoms with Crippen molar-refractivity contribution in [2.75, 3.05) is 12.3 Å². The van der Waals surface area contributed by atoms with Crippen molar-refractivity contribution in [2.24, 2.45) is 0 Å². The highest BCUT2D eigenvalue weighted by atomic mass is 35.5. The van der Waals surface area contributed by atoms with Crippen LogP contribution in [0.5, 0.6) is 5.75 Å². The zero-order valence-electron chi connectivity index (χ0n) is 15.1. The van der Waals surface area contributed by atoms with E-state index in [1.54, 1.807) is 0 Å². The monoisotopic (exact) mass is 408 g/mol. The first-order valence-electron chi connectivity index (χ1n) is 8.39. The average Bonchev–Trinajstić information content (AvgIpc) is 3.12. The fraction of sp³-hybridized carbons (Fsp3) is 0.263. The number of ether oxygens (including phenoxy) is 1. The first kappa shape index (κ1) is 20.9. The van der Waals surface area contributed by atoms with E-state index >= 15 is 0 Å². The molecular weight excluding hydrogens is 387 g/mol. The number of nitrogens with two attached hydrogens (primary N) is 1. The molecule has 1 aromatic carbocycles. The minimum absolute atomic E-state index is 0. The lowest BCUT2D eigenvalue weighted by atomic mass is 10.1. The molecule has 144 valence electrons. The zero-order chi connectivity index (χ0) is 17.4. The molecule has 0 spiro atoms. The summed E-state index contributed by atoms with van der Waals surface area (Å²) in [7, 11) is 0. The lowest BCUT2D eigenvalue weighted by Crippen LogP contribution is -1.95. The Labute approximate surface area is 169 Å². The topological polar surface area (TPSA) is 78.6 Å². The number of halogens is 2. The highest BCUT2D eigenvalue weighted by Crippen LogP contribution is 2.21. The molecule has 0 aliphatic rings. The maximum absolute atomic E-state index is 5.60. The van der Waals surface area contributed by atoms with Gasteiger partial charge in [-0.3, -0.25) is 0 Å². The Morgan fingerprint density at radius 1 is 1.11 bits per heavy atom. The molecular formula is C19H22Cl2N4O2. The fourth-order valence-electron chi connectivity index (χ4n) is 3.10. The van der Waals surface area contributed by atoms with Gasteiger partial charge in [0.25, 0.3) is 6.01 Å². The van der Waals surface area contributed by atoms with Crippen LogP contribution in [0.4, 0.5) is 6.01 Å². The first-order valence-corrected chi connectivity index (χ1v) is 8.39. The van der Waals surface area contributed by atoms with Crippen LogP contribution in [0.2, 0.25) is 0 Å². The number of nitrogens with zero attached hydrogens (tertiary/aromatic N) is 3. The van der Waals surface area contributed by atoms with Crippen LogP contribution in [0, 0.1) is 6.92 Å². The molecule has 0 fully saturated rings. The number of aryl methyl sites for hydroxylation is 3. The largest absolute Gasteiger partial charge is 0.494 e. The summed E-state index contributed by atoms with van der Waals surface area (Å²) in [6.07, 6.45) is 3.74. The second-order valence-corrected chi connectivity index (χ2v) is 6.02. The Morgan fingerprint density at radius 2 is 1.93 bits per heavy atom. The second kappa shape index (κ2) is 8.50. The van der Waals surface area contributed by atoms with E-state index in [-0.39, 0.29) is 30.8 Å². The van der Waals surface area contributed by atoms with Crippen molar-refractivity contribution in [3.63, 3.8) is 0 Å². The summed E-state index contributed by atoms with van der Waals surface area (Å²) in [5.74, 6) is 0.847. The lowest BCUT2D eigenvalue weighted by Gasteiger charge is -2.03. The zero-order valence-corrected chi connectivity index (χ0v) is 16.8. The predicted molar refractivity (Wildman–Crippen MR) is 111 cm³/mol. The maximum Gasteiger partial charge on any atom is 0.292 e. The van der Waals surface area contributed by atoms with Gasteiger partial charge in [0, 0.05) is 18.0 Å². The number of hydrogen-bond acceptors (Lipinski definition) is 5. The SMILES string of the molecule is CCOc1ccn2c(C)c(CCc3ccc4nc(N)oc4c3)nc2c1.Cl.Cl. The summed E-state index contributed by atoms with van der Waals surface area (Å²) >= 11 is 0. The molecule has 0 radical (unpaired) electrons. The molecule has 2 N–H and O–H groups in total. The molecule has 0 saturated carbocycles. The van der Waals surface area contributed by atoms with E-state index in [9.17, 15) is 0 Å². The van der Waals surface area contributed by atoms with Crippen LogP contribution in [-0.2, 0) is 12.8 Å². The average molecular weight is 409 g/mol. The van der Waals surface area contributed by atoms with Gasteiger partial charge in [-0.25, -0.2) is 4.98 Å². The van der Waals surface area contributed by atoms with Crippen LogP contribution in [-0.4, -0.2) is 21.0 Å². The smallest absolute Gasteiger partial charge is 0.292 e. The van der Waals surface area contributed by atoms with Crippen LogP contribution in [0.25, 0.3) is 16.7 Å². The van der Waals surface area contributed by atoms with Crippen LogP contribution in [0.1, 0.15) is 23.9 Å². The number of pyridine rings is 1. The Kier molecular flexibility index (Phi) is 6.57. The molecule has 4 rings (SSSR count). The third-order valence-electron chi connectivity index (χ3n) is 4.37. The van der Waals surface area contributed by atoms with E-state index in [4.69, 9.17) is 19.9 Å². The first-order chi connectivity index (χ1) is 12.1. The van der Waals surface area contributed by atoms with Gasteiger partial charge in [-0.05, 0) is 50.5 Å². The Balaban J connectivity index is 0.00000131. The number of rotatable bonds is 5. The summed E-state index contributed by atoms with van der Waals surface area (Å²) in [5, 5.41) is 0. The van der Waals surface area contributed by atoms with Gasteiger partial charge in [0.15, 0.2) is 5.58 Å². The molecule has 27 heavy (non-hydrogen) atoms. The van der Waals surface area contributed by atoms with E-state index in [1.165, 1.54) is 5.56 Å². The molecule has 3 aromatic heterocycles. The molecule has 0 amide bonds. The molecule has 3 heterocycles. The minimum atomic E-state index is 0. The van der Waals surface area contributed by atoms with Crippen LogP contribution in [0.3, 0.4) is 0 Å². The van der Waals surface area contributed by atoms with Gasteiger partial charge < -0.3 is 19.3 Å². The second-order valence-electron chi connectivity index (χ2n) is 6.02. The molecule has 0 aliphatic carbocycles. The van der Waals surface area contributed by atoms with Crippen LogP contribution < -0.4 is 10.5 Å². The Hall–Kier alpha value is -2.44. The van der Waals surface area contributed by atoms with Gasteiger partial charge >= 0.3 is 0 Å². The molecule has 8 heteroatoms. The van der Waals surface area contributed by atoms with Gasteiger partial charge in [-0.15, -0.1) is 24.8 Å². The summed E-state index contributed by atoms with van der Waals surface area (Å²) in [6.45, 7) is 4.72. The third-order valence-corrected chi connectivity index (χ3v) is 4.37. The third kappa shape index (κ3) is 4.12. The van der Waals surface area contributed by atoms with E-state index in [2.05, 4.69) is 22.4 Å². The normalized spacial score (nSPS) is 10.6. The molecule has 6 nitrogen and oxygen atoms in total. The number of anilines is 1. The number of benzene rings is 1. The predicted octanol–water partition coefficient (Wildman–Crippen LogP) is 4.39. The van der Waals surface area contributed by atoms with E-state index < -0.39 is 0 Å². The minimum Gasteiger partial charge on any atom is -0.494 e. The van der Waals surface area contributed by atoms with E-state index in [0.29, 0.717) is 6.61 Å². The quantitative estimate of drug-likeness (QED) is 0.529. The van der Waals surface area contributed by atoms with Gasteiger partial charge in [-0.1, -0.05) is 6.07 Å². The van der Waals surface area contributed by atoms with Gasteiger partial charge in [-0.2, -0.15) is 4.98 Å². The van der Waals surface area contributed by atoms with Crippen molar-refractivity contribution in [2.45, 2.75) is 26.7 Å². The summed E-state index contributed by atoms with van der Waals surface area (Å²) < 4.78 is 13.1. The van der Waals surface area contributed by atoms with Crippen LogP contribution in [0.15, 0.2) is 40.9 Å². The Morgan fingerprint density at radius 3 is 2.70 bits per heavy atom. The summed E-state index contributed by atoms with van der Waals surface area (Å²) in [6, 6.07) is 10.1. The summed E-state index contributed by atoms with van der Waals surface area (Å²) in [5.41, 5.74) is 11.4. The highest BCUT2D eigenvalue weighted by molar-refractivity contribution is 5.85. The number of imidazole rings is 1. The van der Waals surface area contributed by atoms with E-state index in [1.807, 2.05) is 37.4 Å². The van der Waals surface area contributed by atoms with Crippen molar-refractivity contribution in [1.82, 2.24) is 14.4 Å². The van der Waals surface area contributed by atoms with Crippen molar-refractivity contribution >= 4 is 47.6 Å².